The van der Waals surface area contributed by atoms with Gasteiger partial charge in [-0.15, -0.1) is 0 Å². The van der Waals surface area contributed by atoms with Gasteiger partial charge in [-0.05, 0) is 91.8 Å². The number of aliphatic hydroxyl groups excluding tert-OH is 1. The number of carbonyl (C=O) groups excluding carboxylic acids is 1. The van der Waals surface area contributed by atoms with E-state index in [9.17, 15) is 15.0 Å². The molecular weight excluding hydrogens is 312 g/mol. The summed E-state index contributed by atoms with van der Waals surface area (Å²) in [6.45, 7) is 6.68. The second-order valence-electron chi connectivity index (χ2n) is 9.99. The largest absolute Gasteiger partial charge is 0.550 e. The summed E-state index contributed by atoms with van der Waals surface area (Å²) >= 11 is 0. The normalized spacial score (nSPS) is 50.2. The van der Waals surface area contributed by atoms with E-state index in [1.165, 1.54) is 18.4 Å². The van der Waals surface area contributed by atoms with Crippen LogP contribution in [0.1, 0.15) is 72.1 Å². The SMILES string of the molecule is C[C@H](C(=O)[O-])[C@H]1CC[C@H]2[C@@H]3CC=C4C[C@@H](O)CC[C@]4(C)[C@H]3CC[C@]12C. The number of aliphatic carboxylic acids is 1. The van der Waals surface area contributed by atoms with Crippen molar-refractivity contribution < 1.29 is 15.0 Å². The fourth-order valence-corrected chi connectivity index (χ4v) is 7.67. The fourth-order valence-electron chi connectivity index (χ4n) is 7.67. The molecular formula is C22H33O3-. The molecule has 0 radical (unpaired) electrons. The Kier molecular flexibility index (Phi) is 4.10. The Balaban J connectivity index is 1.63. The van der Waals surface area contributed by atoms with E-state index in [1.54, 1.807) is 0 Å². The highest BCUT2D eigenvalue weighted by atomic mass is 16.4. The van der Waals surface area contributed by atoms with E-state index in [2.05, 4.69) is 19.9 Å². The minimum atomic E-state index is -0.868. The van der Waals surface area contributed by atoms with Gasteiger partial charge in [-0.3, -0.25) is 0 Å². The predicted octanol–water partition coefficient (Wildman–Crippen LogP) is 3.31. The molecule has 4 aliphatic rings. The first-order valence-electron chi connectivity index (χ1n) is 10.4. The molecule has 0 aromatic heterocycles. The number of carbonyl (C=O) groups is 1. The average molecular weight is 346 g/mol. The maximum absolute atomic E-state index is 11.5. The fraction of sp³-hybridized carbons (Fsp3) is 0.864. The van der Waals surface area contributed by atoms with Gasteiger partial charge in [-0.25, -0.2) is 0 Å². The first-order valence-corrected chi connectivity index (χ1v) is 10.4. The second-order valence-corrected chi connectivity index (χ2v) is 9.99. The van der Waals surface area contributed by atoms with Crippen LogP contribution in [-0.4, -0.2) is 17.2 Å². The van der Waals surface area contributed by atoms with Gasteiger partial charge in [-0.2, -0.15) is 0 Å². The van der Waals surface area contributed by atoms with Crippen LogP contribution in [0.25, 0.3) is 0 Å². The molecule has 25 heavy (non-hydrogen) atoms. The van der Waals surface area contributed by atoms with Crippen LogP contribution < -0.4 is 5.11 Å². The Bertz CT molecular complexity index is 596. The van der Waals surface area contributed by atoms with Crippen molar-refractivity contribution in [2.45, 2.75) is 78.2 Å². The molecule has 4 rings (SSSR count). The highest BCUT2D eigenvalue weighted by molar-refractivity contribution is 5.67. The molecule has 0 unspecified atom stereocenters. The highest BCUT2D eigenvalue weighted by Crippen LogP contribution is 2.67. The minimum absolute atomic E-state index is 0.149. The van der Waals surface area contributed by atoms with Crippen molar-refractivity contribution in [1.82, 2.24) is 0 Å². The Morgan fingerprint density at radius 3 is 2.68 bits per heavy atom. The Labute approximate surface area is 151 Å². The minimum Gasteiger partial charge on any atom is -0.550 e. The summed E-state index contributed by atoms with van der Waals surface area (Å²) in [6.07, 6.45) is 11.0. The van der Waals surface area contributed by atoms with Crippen molar-refractivity contribution in [3.05, 3.63) is 11.6 Å². The van der Waals surface area contributed by atoms with Gasteiger partial charge in [0.1, 0.15) is 0 Å². The van der Waals surface area contributed by atoms with E-state index >= 15 is 0 Å². The summed E-state index contributed by atoms with van der Waals surface area (Å²) < 4.78 is 0. The van der Waals surface area contributed by atoms with E-state index in [0.29, 0.717) is 11.8 Å². The van der Waals surface area contributed by atoms with Crippen LogP contribution in [0.3, 0.4) is 0 Å². The van der Waals surface area contributed by atoms with Crippen LogP contribution in [0.4, 0.5) is 0 Å². The molecule has 1 N–H and O–H groups in total. The third kappa shape index (κ3) is 2.44. The quantitative estimate of drug-likeness (QED) is 0.781. The summed E-state index contributed by atoms with van der Waals surface area (Å²) in [5.41, 5.74) is 1.94. The van der Waals surface area contributed by atoms with E-state index in [1.807, 2.05) is 6.92 Å². The molecule has 0 saturated heterocycles. The molecule has 4 aliphatic carbocycles. The molecule has 0 bridgehead atoms. The lowest BCUT2D eigenvalue weighted by Crippen LogP contribution is -2.51. The molecule has 0 spiro atoms. The van der Waals surface area contributed by atoms with Gasteiger partial charge < -0.3 is 15.0 Å². The average Bonchev–Trinajstić information content (AvgIpc) is 2.92. The second kappa shape index (κ2) is 5.84. The van der Waals surface area contributed by atoms with E-state index in [0.717, 1.165) is 44.4 Å². The van der Waals surface area contributed by atoms with Crippen LogP contribution in [0, 0.1) is 40.4 Å². The van der Waals surface area contributed by atoms with Crippen LogP contribution in [0.5, 0.6) is 0 Å². The number of aliphatic hydroxyl groups is 1. The third-order valence-corrected chi connectivity index (χ3v) is 9.13. The predicted molar refractivity (Wildman–Crippen MR) is 95.4 cm³/mol. The highest BCUT2D eigenvalue weighted by Gasteiger charge is 2.59. The maximum Gasteiger partial charge on any atom is 0.0577 e. The monoisotopic (exact) mass is 345 g/mol. The zero-order valence-corrected chi connectivity index (χ0v) is 16.0. The lowest BCUT2D eigenvalue weighted by Gasteiger charge is -2.58. The van der Waals surface area contributed by atoms with Crippen molar-refractivity contribution >= 4 is 5.97 Å². The van der Waals surface area contributed by atoms with E-state index in [-0.39, 0.29) is 28.8 Å². The lowest BCUT2D eigenvalue weighted by atomic mass is 9.47. The van der Waals surface area contributed by atoms with Crippen molar-refractivity contribution in [3.8, 4) is 0 Å². The van der Waals surface area contributed by atoms with Gasteiger partial charge in [0.25, 0.3) is 0 Å². The Morgan fingerprint density at radius 2 is 1.96 bits per heavy atom. The summed E-state index contributed by atoms with van der Waals surface area (Å²) in [4.78, 5) is 11.5. The third-order valence-electron chi connectivity index (χ3n) is 9.13. The van der Waals surface area contributed by atoms with Crippen molar-refractivity contribution in [2.24, 2.45) is 40.4 Å². The van der Waals surface area contributed by atoms with Crippen LogP contribution in [0.2, 0.25) is 0 Å². The van der Waals surface area contributed by atoms with Crippen LogP contribution >= 0.6 is 0 Å². The molecule has 8 atom stereocenters. The van der Waals surface area contributed by atoms with Crippen molar-refractivity contribution in [1.29, 1.82) is 0 Å². The molecule has 3 fully saturated rings. The first-order chi connectivity index (χ1) is 11.8. The van der Waals surface area contributed by atoms with Gasteiger partial charge in [-0.1, -0.05) is 32.4 Å². The zero-order chi connectivity index (χ0) is 18.0. The maximum atomic E-state index is 11.5. The van der Waals surface area contributed by atoms with E-state index in [4.69, 9.17) is 0 Å². The number of fused-ring (bicyclic) bond motifs is 5. The molecule has 140 valence electrons. The number of hydrogen-bond donors (Lipinski definition) is 1. The Hall–Kier alpha value is -0.830. The molecule has 0 aliphatic heterocycles. The zero-order valence-electron chi connectivity index (χ0n) is 16.0. The summed E-state index contributed by atoms with van der Waals surface area (Å²) in [5.74, 6) is 1.14. The molecule has 3 saturated carbocycles. The van der Waals surface area contributed by atoms with Gasteiger partial charge >= 0.3 is 0 Å². The van der Waals surface area contributed by atoms with Gasteiger partial charge in [0.15, 0.2) is 0 Å². The molecule has 0 aromatic carbocycles. The van der Waals surface area contributed by atoms with Crippen molar-refractivity contribution in [3.63, 3.8) is 0 Å². The number of carboxylic acid groups (broad SMARTS) is 1. The van der Waals surface area contributed by atoms with Gasteiger partial charge in [0.2, 0.25) is 0 Å². The Morgan fingerprint density at radius 1 is 1.20 bits per heavy atom. The van der Waals surface area contributed by atoms with Gasteiger partial charge in [0, 0.05) is 5.97 Å². The summed E-state index contributed by atoms with van der Waals surface area (Å²) in [7, 11) is 0. The number of rotatable bonds is 2. The molecule has 0 heterocycles. The van der Waals surface area contributed by atoms with Crippen molar-refractivity contribution in [2.75, 3.05) is 0 Å². The molecule has 0 aromatic rings. The summed E-state index contributed by atoms with van der Waals surface area (Å²) in [6, 6.07) is 0. The van der Waals surface area contributed by atoms with Crippen LogP contribution in [0.15, 0.2) is 11.6 Å². The topological polar surface area (TPSA) is 60.4 Å². The standard InChI is InChI=1S/C22H34O3/c1-13(20(24)25)17-6-7-18-16-5-4-14-12-15(23)8-10-21(14,2)19(16)9-11-22(17,18)3/h4,13,15-19,23H,5-12H2,1-3H3,(H,24,25)/p-1/t13-,15-,16-,17+,18-,19-,21-,22+/m0/s1. The lowest BCUT2D eigenvalue weighted by molar-refractivity contribution is -0.314. The smallest absolute Gasteiger partial charge is 0.0577 e. The number of carboxylic acids is 1. The summed E-state index contributed by atoms with van der Waals surface area (Å²) in [5, 5.41) is 21.6. The molecule has 3 heteroatoms. The molecule has 3 nitrogen and oxygen atoms in total. The number of hydrogen-bond acceptors (Lipinski definition) is 3. The number of allylic oxidation sites excluding steroid dienone is 1. The van der Waals surface area contributed by atoms with Gasteiger partial charge in [0.05, 0.1) is 6.10 Å². The molecule has 0 amide bonds. The van der Waals surface area contributed by atoms with E-state index < -0.39 is 5.97 Å². The van der Waals surface area contributed by atoms with Crippen LogP contribution in [-0.2, 0) is 4.79 Å². The first kappa shape index (κ1) is 17.6.